The minimum atomic E-state index is -1.31. The first kappa shape index (κ1) is 15.2. The molecule has 0 atom stereocenters. The molecule has 0 bridgehead atoms. The minimum absolute atomic E-state index is 0.0439. The topological polar surface area (TPSA) is 79.3 Å². The largest absolute Gasteiger partial charge is 0.478 e. The molecule has 2 rings (SSSR count). The van der Waals surface area contributed by atoms with Crippen LogP contribution in [0.15, 0.2) is 30.6 Å². The molecule has 21 heavy (non-hydrogen) atoms. The average Bonchev–Trinajstić information content (AvgIpc) is 2.41. The quantitative estimate of drug-likeness (QED) is 0.904. The van der Waals surface area contributed by atoms with Gasteiger partial charge in [0, 0.05) is 11.2 Å². The van der Waals surface area contributed by atoms with Crippen LogP contribution in [-0.4, -0.2) is 22.0 Å². The highest BCUT2D eigenvalue weighted by molar-refractivity contribution is 6.38. The molecule has 0 spiro atoms. The number of rotatable bonds is 3. The lowest BCUT2D eigenvalue weighted by Crippen LogP contribution is -2.15. The Morgan fingerprint density at radius 2 is 1.90 bits per heavy atom. The van der Waals surface area contributed by atoms with Crippen molar-refractivity contribution in [3.63, 3.8) is 0 Å². The van der Waals surface area contributed by atoms with E-state index < -0.39 is 17.7 Å². The standard InChI is InChI=1S/C13H7Cl2FN2O3/c14-7-2-9(13(20)21)11(10(15)3-7)18-12(19)6-1-8(16)5-17-4-6/h1-5H,(H,18,19)(H,20,21). The Morgan fingerprint density at radius 3 is 2.52 bits per heavy atom. The van der Waals surface area contributed by atoms with Crippen LogP contribution in [0.3, 0.4) is 0 Å². The fourth-order valence-corrected chi connectivity index (χ4v) is 2.13. The molecule has 8 heteroatoms. The van der Waals surface area contributed by atoms with Crippen molar-refractivity contribution in [1.82, 2.24) is 4.98 Å². The normalized spacial score (nSPS) is 10.2. The number of benzene rings is 1. The molecule has 5 nitrogen and oxygen atoms in total. The number of anilines is 1. The summed E-state index contributed by atoms with van der Waals surface area (Å²) in [4.78, 5) is 26.7. The van der Waals surface area contributed by atoms with Crippen molar-refractivity contribution < 1.29 is 19.1 Å². The van der Waals surface area contributed by atoms with Crippen LogP contribution in [0.25, 0.3) is 0 Å². The minimum Gasteiger partial charge on any atom is -0.478 e. The SMILES string of the molecule is O=C(Nc1c(Cl)cc(Cl)cc1C(=O)O)c1cncc(F)c1. The van der Waals surface area contributed by atoms with Gasteiger partial charge in [0.2, 0.25) is 0 Å². The van der Waals surface area contributed by atoms with Crippen LogP contribution < -0.4 is 5.32 Å². The van der Waals surface area contributed by atoms with Crippen LogP contribution in [0.5, 0.6) is 0 Å². The molecule has 0 aliphatic rings. The molecule has 0 aliphatic carbocycles. The Morgan fingerprint density at radius 1 is 1.19 bits per heavy atom. The Kier molecular flexibility index (Phi) is 4.40. The van der Waals surface area contributed by atoms with Gasteiger partial charge in [0.15, 0.2) is 0 Å². The van der Waals surface area contributed by atoms with Crippen molar-refractivity contribution in [2.75, 3.05) is 5.32 Å². The molecule has 0 aliphatic heterocycles. The zero-order valence-electron chi connectivity index (χ0n) is 10.2. The van der Waals surface area contributed by atoms with Crippen LogP contribution >= 0.6 is 23.2 Å². The number of pyridine rings is 1. The summed E-state index contributed by atoms with van der Waals surface area (Å²) in [6.07, 6.45) is 2.08. The van der Waals surface area contributed by atoms with Gasteiger partial charge >= 0.3 is 5.97 Å². The second-order valence-electron chi connectivity index (χ2n) is 3.96. The van der Waals surface area contributed by atoms with Gasteiger partial charge in [-0.2, -0.15) is 0 Å². The highest BCUT2D eigenvalue weighted by atomic mass is 35.5. The van der Waals surface area contributed by atoms with E-state index in [0.29, 0.717) is 0 Å². The maximum atomic E-state index is 13.0. The van der Waals surface area contributed by atoms with E-state index in [9.17, 15) is 14.0 Å². The van der Waals surface area contributed by atoms with Gasteiger partial charge < -0.3 is 10.4 Å². The molecule has 108 valence electrons. The predicted octanol–water partition coefficient (Wildman–Crippen LogP) is 3.48. The molecule has 0 radical (unpaired) electrons. The number of aromatic carboxylic acids is 1. The van der Waals surface area contributed by atoms with Crippen molar-refractivity contribution in [1.29, 1.82) is 0 Å². The summed E-state index contributed by atoms with van der Waals surface area (Å²) in [5.74, 6) is -2.75. The van der Waals surface area contributed by atoms with E-state index in [1.807, 2.05) is 0 Å². The summed E-state index contributed by atoms with van der Waals surface area (Å²) >= 11 is 11.6. The van der Waals surface area contributed by atoms with Gasteiger partial charge in [-0.15, -0.1) is 0 Å². The van der Waals surface area contributed by atoms with E-state index in [-0.39, 0.29) is 26.9 Å². The number of carbonyl (C=O) groups is 2. The Hall–Kier alpha value is -2.18. The lowest BCUT2D eigenvalue weighted by atomic mass is 10.1. The second kappa shape index (κ2) is 6.07. The average molecular weight is 329 g/mol. The maximum absolute atomic E-state index is 13.0. The first-order valence-electron chi connectivity index (χ1n) is 5.52. The summed E-state index contributed by atoms with van der Waals surface area (Å²) in [5.41, 5.74) is -0.467. The van der Waals surface area contributed by atoms with Crippen LogP contribution in [0, 0.1) is 5.82 Å². The molecule has 2 aromatic rings. The second-order valence-corrected chi connectivity index (χ2v) is 4.80. The predicted molar refractivity (Wildman–Crippen MR) is 75.6 cm³/mol. The number of nitrogens with zero attached hydrogens (tertiary/aromatic N) is 1. The van der Waals surface area contributed by atoms with E-state index in [1.165, 1.54) is 6.07 Å². The van der Waals surface area contributed by atoms with E-state index >= 15 is 0 Å². The number of halogens is 3. The van der Waals surface area contributed by atoms with E-state index in [4.69, 9.17) is 28.3 Å². The molecule has 0 unspecified atom stereocenters. The van der Waals surface area contributed by atoms with Crippen molar-refractivity contribution in [2.24, 2.45) is 0 Å². The van der Waals surface area contributed by atoms with Gasteiger partial charge in [-0.1, -0.05) is 23.2 Å². The van der Waals surface area contributed by atoms with Gasteiger partial charge in [0.25, 0.3) is 5.91 Å². The van der Waals surface area contributed by atoms with Gasteiger partial charge in [-0.05, 0) is 18.2 Å². The van der Waals surface area contributed by atoms with Crippen LogP contribution in [-0.2, 0) is 0 Å². The lowest BCUT2D eigenvalue weighted by Gasteiger charge is -2.11. The van der Waals surface area contributed by atoms with Gasteiger partial charge in [-0.3, -0.25) is 9.78 Å². The number of amides is 1. The third kappa shape index (κ3) is 3.48. The number of carboxylic acids is 1. The Labute approximate surface area is 128 Å². The maximum Gasteiger partial charge on any atom is 0.337 e. The molecule has 1 aromatic carbocycles. The van der Waals surface area contributed by atoms with Crippen LogP contribution in [0.4, 0.5) is 10.1 Å². The third-order valence-corrected chi connectivity index (χ3v) is 3.01. The van der Waals surface area contributed by atoms with Crippen LogP contribution in [0.1, 0.15) is 20.7 Å². The molecular formula is C13H7Cl2FN2O3. The summed E-state index contributed by atoms with van der Waals surface area (Å²) in [6, 6.07) is 3.40. The monoisotopic (exact) mass is 328 g/mol. The zero-order valence-corrected chi connectivity index (χ0v) is 11.7. The number of hydrogen-bond donors (Lipinski definition) is 2. The smallest absolute Gasteiger partial charge is 0.337 e. The number of carboxylic acid groups (broad SMARTS) is 1. The van der Waals surface area contributed by atoms with Gasteiger partial charge in [0.05, 0.1) is 28.0 Å². The first-order valence-corrected chi connectivity index (χ1v) is 6.28. The fraction of sp³-hybridized carbons (Fsp3) is 0. The molecule has 1 aromatic heterocycles. The van der Waals surface area contributed by atoms with E-state index in [1.54, 1.807) is 0 Å². The molecule has 1 amide bonds. The fourth-order valence-electron chi connectivity index (χ4n) is 1.59. The van der Waals surface area contributed by atoms with Crippen molar-refractivity contribution >= 4 is 40.8 Å². The molecule has 1 heterocycles. The summed E-state index contributed by atoms with van der Waals surface area (Å²) in [5, 5.41) is 11.5. The van der Waals surface area contributed by atoms with E-state index in [0.717, 1.165) is 24.5 Å². The number of carbonyl (C=O) groups excluding carboxylic acids is 1. The summed E-state index contributed by atoms with van der Waals surface area (Å²) < 4.78 is 13.0. The zero-order chi connectivity index (χ0) is 15.6. The van der Waals surface area contributed by atoms with Crippen LogP contribution in [0.2, 0.25) is 10.0 Å². The Balaban J connectivity index is 2.39. The van der Waals surface area contributed by atoms with Gasteiger partial charge in [0.1, 0.15) is 5.82 Å². The lowest BCUT2D eigenvalue weighted by molar-refractivity contribution is 0.0698. The molecular weight excluding hydrogens is 322 g/mol. The number of aromatic nitrogens is 1. The first-order chi connectivity index (χ1) is 9.88. The van der Waals surface area contributed by atoms with Crippen molar-refractivity contribution in [3.8, 4) is 0 Å². The van der Waals surface area contributed by atoms with Crippen molar-refractivity contribution in [2.45, 2.75) is 0 Å². The number of hydrogen-bond acceptors (Lipinski definition) is 3. The van der Waals surface area contributed by atoms with Gasteiger partial charge in [-0.25, -0.2) is 9.18 Å². The summed E-state index contributed by atoms with van der Waals surface area (Å²) in [6.45, 7) is 0. The van der Waals surface area contributed by atoms with E-state index in [2.05, 4.69) is 10.3 Å². The number of nitrogens with one attached hydrogen (secondary N) is 1. The highest BCUT2D eigenvalue weighted by Crippen LogP contribution is 2.30. The molecule has 2 N–H and O–H groups in total. The Bertz CT molecular complexity index is 737. The summed E-state index contributed by atoms with van der Waals surface area (Å²) in [7, 11) is 0. The highest BCUT2D eigenvalue weighted by Gasteiger charge is 2.18. The molecule has 0 saturated carbocycles. The third-order valence-electron chi connectivity index (χ3n) is 2.49. The molecule has 0 saturated heterocycles. The molecule has 0 fully saturated rings. The van der Waals surface area contributed by atoms with Crippen molar-refractivity contribution in [3.05, 3.63) is 57.6 Å².